The van der Waals surface area contributed by atoms with Crippen LogP contribution in [0.1, 0.15) is 13.8 Å². The van der Waals surface area contributed by atoms with Crippen molar-refractivity contribution in [3.05, 3.63) is 11.2 Å². The van der Waals surface area contributed by atoms with Gasteiger partial charge in [-0.15, -0.1) is 0 Å². The summed E-state index contributed by atoms with van der Waals surface area (Å²) in [6.45, 7) is 5.79. The number of nitrogens with zero attached hydrogens (tertiary/aromatic N) is 2. The minimum atomic E-state index is 0.309. The van der Waals surface area contributed by atoms with E-state index in [1.807, 2.05) is 0 Å². The average Bonchev–Trinajstić information content (AvgIpc) is 2.26. The summed E-state index contributed by atoms with van der Waals surface area (Å²) in [6.07, 6.45) is 1.52. The van der Waals surface area contributed by atoms with Gasteiger partial charge in [-0.3, -0.25) is 0 Å². The lowest BCUT2D eigenvalue weighted by Gasteiger charge is -2.10. The van der Waals surface area contributed by atoms with E-state index in [9.17, 15) is 0 Å². The normalized spacial score (nSPS) is 10.6. The lowest BCUT2D eigenvalue weighted by molar-refractivity contribution is 0.380. The predicted octanol–water partition coefficient (Wildman–Crippen LogP) is 1.55. The molecule has 0 bridgehead atoms. The van der Waals surface area contributed by atoms with Gasteiger partial charge in [-0.25, -0.2) is 4.98 Å². The highest BCUT2D eigenvalue weighted by molar-refractivity contribution is 6.32. The molecule has 16 heavy (non-hydrogen) atoms. The van der Waals surface area contributed by atoms with E-state index in [1.54, 1.807) is 0 Å². The fourth-order valence-corrected chi connectivity index (χ4v) is 1.27. The van der Waals surface area contributed by atoms with Crippen LogP contribution in [0.3, 0.4) is 0 Å². The Kier molecular flexibility index (Phi) is 5.28. The van der Waals surface area contributed by atoms with Crippen LogP contribution in [0.25, 0.3) is 0 Å². The van der Waals surface area contributed by atoms with Gasteiger partial charge in [-0.2, -0.15) is 4.98 Å². The molecule has 1 heterocycles. The fraction of sp³-hybridized carbons (Fsp3) is 0.600. The predicted molar refractivity (Wildman–Crippen MR) is 65.2 cm³/mol. The lowest BCUT2D eigenvalue weighted by atomic mass is 10.4. The van der Waals surface area contributed by atoms with Crippen LogP contribution >= 0.6 is 11.6 Å². The fourth-order valence-electron chi connectivity index (χ4n) is 1.12. The number of ether oxygens (including phenoxy) is 1. The zero-order chi connectivity index (χ0) is 12.0. The largest absolute Gasteiger partial charge is 0.467 e. The summed E-state index contributed by atoms with van der Waals surface area (Å²) in [6, 6.07) is 0.779. The van der Waals surface area contributed by atoms with Gasteiger partial charge in [0.25, 0.3) is 0 Å². The number of aromatic nitrogens is 2. The first-order valence-corrected chi connectivity index (χ1v) is 5.55. The van der Waals surface area contributed by atoms with Crippen molar-refractivity contribution < 1.29 is 4.74 Å². The Labute approximate surface area is 101 Å². The zero-order valence-electron chi connectivity index (χ0n) is 9.75. The summed E-state index contributed by atoms with van der Waals surface area (Å²) in [7, 11) is 1.52. The van der Waals surface area contributed by atoms with Crippen LogP contribution in [0, 0.1) is 0 Å². The smallest absolute Gasteiger partial charge is 0.318 e. The van der Waals surface area contributed by atoms with E-state index in [-0.39, 0.29) is 0 Å². The van der Waals surface area contributed by atoms with E-state index < -0.39 is 0 Å². The number of rotatable bonds is 6. The van der Waals surface area contributed by atoms with Crippen LogP contribution in [0.2, 0.25) is 5.02 Å². The second-order valence-corrected chi connectivity index (χ2v) is 4.00. The standard InChI is InChI=1S/C10H17ClN4O/c1-7(2)12-4-5-13-9-8(11)6-14-10(15-9)16-3/h6-7,12H,4-5H2,1-3H3,(H,13,14,15). The van der Waals surface area contributed by atoms with Gasteiger partial charge < -0.3 is 15.4 Å². The maximum Gasteiger partial charge on any atom is 0.318 e. The zero-order valence-corrected chi connectivity index (χ0v) is 10.5. The van der Waals surface area contributed by atoms with Crippen LogP contribution < -0.4 is 15.4 Å². The van der Waals surface area contributed by atoms with Crippen LogP contribution in [-0.4, -0.2) is 36.2 Å². The summed E-state index contributed by atoms with van der Waals surface area (Å²) < 4.78 is 4.92. The van der Waals surface area contributed by atoms with Crippen molar-refractivity contribution >= 4 is 17.4 Å². The number of hydrogen-bond acceptors (Lipinski definition) is 5. The lowest BCUT2D eigenvalue weighted by Crippen LogP contribution is -2.28. The maximum atomic E-state index is 5.93. The molecule has 0 spiro atoms. The summed E-state index contributed by atoms with van der Waals surface area (Å²) in [5, 5.41) is 6.89. The highest BCUT2D eigenvalue weighted by Crippen LogP contribution is 2.19. The van der Waals surface area contributed by atoms with Gasteiger partial charge >= 0.3 is 6.01 Å². The molecule has 0 atom stereocenters. The van der Waals surface area contributed by atoms with Crippen molar-refractivity contribution in [2.45, 2.75) is 19.9 Å². The van der Waals surface area contributed by atoms with Crippen LogP contribution in [0.15, 0.2) is 6.20 Å². The van der Waals surface area contributed by atoms with Gasteiger partial charge in [0.2, 0.25) is 0 Å². The molecule has 0 aliphatic carbocycles. The Balaban J connectivity index is 2.46. The molecule has 6 heteroatoms. The third kappa shape index (κ3) is 4.20. The number of anilines is 1. The number of hydrogen-bond donors (Lipinski definition) is 2. The maximum absolute atomic E-state index is 5.93. The summed E-state index contributed by atoms with van der Waals surface area (Å²) >= 11 is 5.93. The minimum Gasteiger partial charge on any atom is -0.467 e. The monoisotopic (exact) mass is 244 g/mol. The van der Waals surface area contributed by atoms with Gasteiger partial charge in [0, 0.05) is 19.1 Å². The molecule has 5 nitrogen and oxygen atoms in total. The molecule has 0 aromatic carbocycles. The Morgan fingerprint density at radius 2 is 2.19 bits per heavy atom. The van der Waals surface area contributed by atoms with Crippen LogP contribution in [0.4, 0.5) is 5.82 Å². The summed E-state index contributed by atoms with van der Waals surface area (Å²) in [5.41, 5.74) is 0. The molecule has 0 saturated heterocycles. The van der Waals surface area contributed by atoms with E-state index in [0.29, 0.717) is 22.9 Å². The average molecular weight is 245 g/mol. The van der Waals surface area contributed by atoms with Crippen molar-refractivity contribution in [2.75, 3.05) is 25.5 Å². The van der Waals surface area contributed by atoms with E-state index in [4.69, 9.17) is 16.3 Å². The van der Waals surface area contributed by atoms with Crippen molar-refractivity contribution in [1.82, 2.24) is 15.3 Å². The van der Waals surface area contributed by atoms with Crippen molar-refractivity contribution in [2.24, 2.45) is 0 Å². The molecule has 1 rings (SSSR count). The molecule has 0 aliphatic rings. The molecule has 2 N–H and O–H groups in total. The number of methoxy groups -OCH3 is 1. The summed E-state index contributed by atoms with van der Waals surface area (Å²) in [5.74, 6) is 0.596. The summed E-state index contributed by atoms with van der Waals surface area (Å²) in [4.78, 5) is 8.00. The van der Waals surface area contributed by atoms with Crippen molar-refractivity contribution in [1.29, 1.82) is 0 Å². The third-order valence-corrected chi connectivity index (χ3v) is 2.15. The SMILES string of the molecule is COc1ncc(Cl)c(NCCNC(C)C)n1. The molecule has 0 fully saturated rings. The molecule has 0 saturated carbocycles. The number of halogens is 1. The Hall–Kier alpha value is -1.07. The molecule has 0 aliphatic heterocycles. The number of nitrogens with one attached hydrogen (secondary N) is 2. The molecule has 1 aromatic heterocycles. The second kappa shape index (κ2) is 6.50. The van der Waals surface area contributed by atoms with Gasteiger partial charge in [0.15, 0.2) is 5.82 Å². The Morgan fingerprint density at radius 3 is 2.81 bits per heavy atom. The van der Waals surface area contributed by atoms with Gasteiger partial charge in [-0.1, -0.05) is 25.4 Å². The highest BCUT2D eigenvalue weighted by Gasteiger charge is 2.04. The molecular formula is C10H17ClN4O. The Morgan fingerprint density at radius 1 is 1.44 bits per heavy atom. The van der Waals surface area contributed by atoms with Gasteiger partial charge in [0.1, 0.15) is 5.02 Å². The van der Waals surface area contributed by atoms with E-state index in [0.717, 1.165) is 13.1 Å². The second-order valence-electron chi connectivity index (χ2n) is 3.59. The minimum absolute atomic E-state index is 0.309. The molecule has 90 valence electrons. The van der Waals surface area contributed by atoms with Crippen molar-refractivity contribution in [3.63, 3.8) is 0 Å². The molecule has 0 radical (unpaired) electrons. The van der Waals surface area contributed by atoms with E-state index >= 15 is 0 Å². The molecule has 0 unspecified atom stereocenters. The highest BCUT2D eigenvalue weighted by atomic mass is 35.5. The van der Waals surface area contributed by atoms with E-state index in [2.05, 4.69) is 34.4 Å². The topological polar surface area (TPSA) is 59.1 Å². The first-order chi connectivity index (χ1) is 7.63. The van der Waals surface area contributed by atoms with Crippen LogP contribution in [-0.2, 0) is 0 Å². The molecular weight excluding hydrogens is 228 g/mol. The Bertz CT molecular complexity index is 333. The molecule has 0 amide bonds. The first kappa shape index (κ1) is 13.0. The van der Waals surface area contributed by atoms with E-state index in [1.165, 1.54) is 13.3 Å². The van der Waals surface area contributed by atoms with Gasteiger partial charge in [0.05, 0.1) is 13.3 Å². The third-order valence-electron chi connectivity index (χ3n) is 1.87. The van der Waals surface area contributed by atoms with Crippen LogP contribution in [0.5, 0.6) is 6.01 Å². The molecule has 1 aromatic rings. The quantitative estimate of drug-likeness (QED) is 0.744. The van der Waals surface area contributed by atoms with Crippen molar-refractivity contribution in [3.8, 4) is 6.01 Å². The first-order valence-electron chi connectivity index (χ1n) is 5.17. The van der Waals surface area contributed by atoms with Gasteiger partial charge in [-0.05, 0) is 0 Å².